The smallest absolute Gasteiger partial charge is 0.160 e. The molecular weight excluding hydrogens is 779 g/mol. The summed E-state index contributed by atoms with van der Waals surface area (Å²) in [5.74, 6) is 2.45. The molecule has 0 radical (unpaired) electrons. The first kappa shape index (κ1) is 36.2. The number of aromatic nitrogens is 3. The van der Waals surface area contributed by atoms with Crippen molar-refractivity contribution in [3.8, 4) is 78.9 Å². The van der Waals surface area contributed by atoms with Gasteiger partial charge in [0.2, 0.25) is 0 Å². The number of rotatable bonds is 5. The lowest BCUT2D eigenvalue weighted by Gasteiger charge is -2.40. The minimum Gasteiger partial charge on any atom is -0.456 e. The first-order chi connectivity index (χ1) is 31.7. The van der Waals surface area contributed by atoms with Gasteiger partial charge in [0, 0.05) is 49.5 Å². The molecule has 3 heterocycles. The molecule has 0 fully saturated rings. The van der Waals surface area contributed by atoms with Crippen molar-refractivity contribution in [1.82, 2.24) is 15.0 Å². The molecule has 64 heavy (non-hydrogen) atoms. The largest absolute Gasteiger partial charge is 0.456 e. The fourth-order valence-corrected chi connectivity index (χ4v) is 10.3. The molecule has 0 saturated carbocycles. The molecule has 4 nitrogen and oxygen atoms in total. The molecule has 4 heteroatoms. The van der Waals surface area contributed by atoms with Crippen molar-refractivity contribution in [2.75, 3.05) is 0 Å². The van der Waals surface area contributed by atoms with Crippen LogP contribution in [0.4, 0.5) is 0 Å². The van der Waals surface area contributed by atoms with Crippen LogP contribution in [0.3, 0.4) is 0 Å². The van der Waals surface area contributed by atoms with E-state index in [1.807, 2.05) is 36.4 Å². The summed E-state index contributed by atoms with van der Waals surface area (Å²) in [5.41, 5.74) is 16.7. The highest BCUT2D eigenvalue weighted by Gasteiger charge is 2.51. The monoisotopic (exact) mass is 815 g/mol. The molecule has 0 N–H and O–H groups in total. The lowest BCUT2D eigenvalue weighted by atomic mass is 9.65. The van der Waals surface area contributed by atoms with E-state index in [4.69, 9.17) is 19.7 Å². The first-order valence-corrected chi connectivity index (χ1v) is 21.8. The molecule has 0 saturated heterocycles. The van der Waals surface area contributed by atoms with Gasteiger partial charge < -0.3 is 4.74 Å². The zero-order valence-electron chi connectivity index (χ0n) is 34.6. The van der Waals surface area contributed by atoms with Crippen molar-refractivity contribution < 1.29 is 4.74 Å². The van der Waals surface area contributed by atoms with Gasteiger partial charge in [-0.2, -0.15) is 0 Å². The second-order valence-corrected chi connectivity index (χ2v) is 16.6. The molecule has 13 rings (SSSR count). The maximum absolute atomic E-state index is 7.16. The summed E-state index contributed by atoms with van der Waals surface area (Å²) in [5, 5.41) is 3.19. The lowest BCUT2D eigenvalue weighted by molar-refractivity contribution is 0.442. The average molecular weight is 816 g/mol. The predicted molar refractivity (Wildman–Crippen MR) is 259 cm³/mol. The minimum atomic E-state index is -0.551. The van der Waals surface area contributed by atoms with E-state index < -0.39 is 5.41 Å². The molecule has 2 aromatic heterocycles. The summed E-state index contributed by atoms with van der Waals surface area (Å²) in [4.78, 5) is 15.5. The molecule has 1 spiro atoms. The second-order valence-electron chi connectivity index (χ2n) is 16.6. The van der Waals surface area contributed by atoms with Crippen molar-refractivity contribution in [1.29, 1.82) is 0 Å². The Morgan fingerprint density at radius 1 is 0.344 bits per heavy atom. The molecule has 1 aliphatic carbocycles. The van der Waals surface area contributed by atoms with Crippen LogP contribution >= 0.6 is 0 Å². The Balaban J connectivity index is 0.947. The zero-order valence-corrected chi connectivity index (χ0v) is 34.6. The summed E-state index contributed by atoms with van der Waals surface area (Å²) in [7, 11) is 0. The molecule has 9 aromatic carbocycles. The molecule has 0 unspecified atom stereocenters. The summed E-state index contributed by atoms with van der Waals surface area (Å²) in [6.07, 6.45) is 0. The summed E-state index contributed by atoms with van der Waals surface area (Å²) >= 11 is 0. The highest BCUT2D eigenvalue weighted by atomic mass is 16.5. The topological polar surface area (TPSA) is 47.9 Å². The van der Waals surface area contributed by atoms with Gasteiger partial charge in [-0.1, -0.05) is 200 Å². The van der Waals surface area contributed by atoms with Gasteiger partial charge in [-0.25, -0.2) is 15.0 Å². The summed E-state index contributed by atoms with van der Waals surface area (Å²) in [6, 6.07) is 79.4. The van der Waals surface area contributed by atoms with E-state index >= 15 is 0 Å². The van der Waals surface area contributed by atoms with Crippen LogP contribution in [-0.4, -0.2) is 15.0 Å². The van der Waals surface area contributed by atoms with Gasteiger partial charge in [0.25, 0.3) is 0 Å². The van der Waals surface area contributed by atoms with Crippen molar-refractivity contribution in [2.45, 2.75) is 5.41 Å². The van der Waals surface area contributed by atoms with Crippen molar-refractivity contribution in [3.63, 3.8) is 0 Å². The van der Waals surface area contributed by atoms with Gasteiger partial charge in [0.1, 0.15) is 11.5 Å². The number of para-hydroxylation sites is 2. The Hall–Kier alpha value is -8.47. The number of fused-ring (bicyclic) bond motifs is 13. The minimum absolute atomic E-state index is 0.551. The van der Waals surface area contributed by atoms with Crippen LogP contribution in [0.15, 0.2) is 224 Å². The van der Waals surface area contributed by atoms with Crippen LogP contribution in [0.25, 0.3) is 89.1 Å². The number of hydrogen-bond donors (Lipinski definition) is 0. The van der Waals surface area contributed by atoms with Crippen LogP contribution in [-0.2, 0) is 5.41 Å². The Bertz CT molecular complexity index is 3530. The highest BCUT2D eigenvalue weighted by molar-refractivity contribution is 6.15. The van der Waals surface area contributed by atoms with Gasteiger partial charge in [0.15, 0.2) is 5.82 Å². The maximum atomic E-state index is 7.16. The molecule has 298 valence electrons. The van der Waals surface area contributed by atoms with Crippen LogP contribution in [0.5, 0.6) is 11.5 Å². The van der Waals surface area contributed by atoms with Crippen molar-refractivity contribution in [2.24, 2.45) is 0 Å². The van der Waals surface area contributed by atoms with Crippen LogP contribution in [0.1, 0.15) is 22.3 Å². The molecule has 2 aliphatic rings. The number of nitrogens with zero attached hydrogens (tertiary/aromatic N) is 3. The third-order valence-corrected chi connectivity index (χ3v) is 13.2. The van der Waals surface area contributed by atoms with Gasteiger partial charge in [-0.3, -0.25) is 0 Å². The molecule has 0 atom stereocenters. The van der Waals surface area contributed by atoms with Gasteiger partial charge in [-0.15, -0.1) is 0 Å². The van der Waals surface area contributed by atoms with E-state index in [0.29, 0.717) is 5.82 Å². The highest BCUT2D eigenvalue weighted by Crippen LogP contribution is 2.63. The van der Waals surface area contributed by atoms with E-state index in [-0.39, 0.29) is 0 Å². The van der Waals surface area contributed by atoms with Crippen molar-refractivity contribution in [3.05, 3.63) is 247 Å². The fraction of sp³-hybridized carbons (Fsp3) is 0.0167. The normalized spacial score (nSPS) is 12.9. The second kappa shape index (κ2) is 14.3. The number of ether oxygens (including phenoxy) is 1. The van der Waals surface area contributed by atoms with Gasteiger partial charge in [-0.05, 0) is 57.6 Å². The standard InChI is InChI=1S/C60H37N3O/c1-3-16-39(17-4-1)53-37-54(63-59(62-53)41-18-5-2-6-19-41)43-21-15-20-42(36-43)38-30-32-40(33-31-38)57-47-34-35-51-58(56(47)46-24-9-13-28-52(46)61-57)64-55-29-14-12-27-50(55)60(51)48-25-10-7-22-44(48)45-23-8-11-26-49(45)60/h1-37H. The van der Waals surface area contributed by atoms with E-state index in [2.05, 4.69) is 188 Å². The fourth-order valence-electron chi connectivity index (χ4n) is 10.3. The molecule has 1 aliphatic heterocycles. The zero-order chi connectivity index (χ0) is 42.2. The SMILES string of the molecule is c1ccc(-c2cc(-c3cccc(-c4ccc(-c5nc6ccccc6c6c7c(ccc56)C5(c6ccccc6O7)c6ccccc6-c6ccccc65)cc4)c3)nc(-c3ccccc3)n2)cc1. The quantitative estimate of drug-likeness (QED) is 0.162. The predicted octanol–water partition coefficient (Wildman–Crippen LogP) is 15.0. The number of pyridine rings is 1. The Kier molecular flexibility index (Phi) is 8.09. The molecule has 11 aromatic rings. The third-order valence-electron chi connectivity index (χ3n) is 13.2. The summed E-state index contributed by atoms with van der Waals surface area (Å²) in [6.45, 7) is 0. The molecule has 0 amide bonds. The maximum Gasteiger partial charge on any atom is 0.160 e. The van der Waals surface area contributed by atoms with Crippen LogP contribution in [0.2, 0.25) is 0 Å². The molecule has 0 bridgehead atoms. The van der Waals surface area contributed by atoms with Crippen LogP contribution < -0.4 is 4.74 Å². The first-order valence-electron chi connectivity index (χ1n) is 21.8. The molecular formula is C60H37N3O. The summed E-state index contributed by atoms with van der Waals surface area (Å²) < 4.78 is 7.16. The lowest BCUT2D eigenvalue weighted by Crippen LogP contribution is -2.32. The van der Waals surface area contributed by atoms with E-state index in [1.54, 1.807) is 0 Å². The number of benzene rings is 9. The van der Waals surface area contributed by atoms with E-state index in [9.17, 15) is 0 Å². The third kappa shape index (κ3) is 5.46. The van der Waals surface area contributed by atoms with E-state index in [1.165, 1.54) is 22.3 Å². The average Bonchev–Trinajstić information content (AvgIpc) is 3.67. The number of hydrogen-bond acceptors (Lipinski definition) is 4. The van der Waals surface area contributed by atoms with Gasteiger partial charge in [0.05, 0.1) is 28.0 Å². The Morgan fingerprint density at radius 2 is 0.922 bits per heavy atom. The Labute approximate surface area is 370 Å². The van der Waals surface area contributed by atoms with Crippen LogP contribution in [0, 0.1) is 0 Å². The van der Waals surface area contributed by atoms with Crippen molar-refractivity contribution >= 4 is 21.7 Å². The van der Waals surface area contributed by atoms with E-state index in [0.717, 1.165) is 94.8 Å². The van der Waals surface area contributed by atoms with Gasteiger partial charge >= 0.3 is 0 Å². The Morgan fingerprint density at radius 3 is 1.67 bits per heavy atom.